The van der Waals surface area contributed by atoms with Crippen LogP contribution in [0.15, 0.2) is 36.4 Å². The molecule has 248 valence electrons. The highest BCUT2D eigenvalue weighted by Crippen LogP contribution is 2.33. The predicted octanol–water partition coefficient (Wildman–Crippen LogP) is 4.94. The number of hydrogen-bond donors (Lipinski definition) is 3. The largest absolute Gasteiger partial charge is 0.397 e. The number of amides is 5. The smallest absolute Gasteiger partial charge is 0.322 e. The summed E-state index contributed by atoms with van der Waals surface area (Å²) in [6, 6.07) is 10.6. The first-order valence-corrected chi connectivity index (χ1v) is 17.3. The highest BCUT2D eigenvalue weighted by Gasteiger charge is 2.36. The normalized spacial score (nSPS) is 21.1. The lowest BCUT2D eigenvalue weighted by molar-refractivity contribution is -0.135. The van der Waals surface area contributed by atoms with E-state index in [9.17, 15) is 14.4 Å². The molecular weight excluding hydrogens is 602 g/mol. The van der Waals surface area contributed by atoms with Crippen molar-refractivity contribution < 1.29 is 14.4 Å². The minimum Gasteiger partial charge on any atom is -0.397 e. The monoisotopic (exact) mass is 649 g/mol. The zero-order valence-corrected chi connectivity index (χ0v) is 27.9. The lowest BCUT2D eigenvalue weighted by atomic mass is 9.79. The second kappa shape index (κ2) is 14.1. The van der Waals surface area contributed by atoms with Crippen molar-refractivity contribution in [1.82, 2.24) is 24.9 Å². The van der Waals surface area contributed by atoms with Gasteiger partial charge in [-0.2, -0.15) is 0 Å². The van der Waals surface area contributed by atoms with Gasteiger partial charge in [0.15, 0.2) is 0 Å². The number of fused-ring (bicyclic) bond motifs is 1. The number of nitrogens with two attached hydrogens (primary N) is 1. The number of nitrogen functional groups attached to an aromatic ring is 1. The van der Waals surface area contributed by atoms with E-state index in [0.717, 1.165) is 67.3 Å². The molecule has 0 unspecified atom stereocenters. The fraction of sp³-hybridized carbons (Fsp3) is 0.571. The fourth-order valence-electron chi connectivity index (χ4n) is 7.83. The van der Waals surface area contributed by atoms with E-state index in [1.165, 1.54) is 12.8 Å². The number of rotatable bonds is 6. The van der Waals surface area contributed by atoms with Crippen LogP contribution in [0.4, 0.5) is 21.0 Å². The number of para-hydroxylation sites is 1. The number of halogens is 1. The van der Waals surface area contributed by atoms with E-state index in [0.29, 0.717) is 55.5 Å². The number of aryl methyl sites for hydroxylation is 1. The number of carbonyl (C=O) groups is 3. The Bertz CT molecular complexity index is 1410. The molecule has 0 aliphatic carbocycles. The van der Waals surface area contributed by atoms with Gasteiger partial charge in [0.1, 0.15) is 6.04 Å². The van der Waals surface area contributed by atoms with Crippen LogP contribution in [0.3, 0.4) is 0 Å². The third-order valence-electron chi connectivity index (χ3n) is 10.8. The van der Waals surface area contributed by atoms with E-state index >= 15 is 0 Å². The zero-order chi connectivity index (χ0) is 32.4. The van der Waals surface area contributed by atoms with Crippen molar-refractivity contribution >= 4 is 40.9 Å². The van der Waals surface area contributed by atoms with Gasteiger partial charge >= 0.3 is 12.1 Å². The topological polar surface area (TPSA) is 114 Å². The Morgan fingerprint density at radius 1 is 0.957 bits per heavy atom. The molecule has 10 nitrogen and oxygen atoms in total. The Morgan fingerprint density at radius 3 is 2.26 bits per heavy atom. The van der Waals surface area contributed by atoms with Gasteiger partial charge in [0, 0.05) is 50.9 Å². The van der Waals surface area contributed by atoms with Crippen molar-refractivity contribution in [1.29, 1.82) is 0 Å². The maximum Gasteiger partial charge on any atom is 0.322 e. The van der Waals surface area contributed by atoms with E-state index in [2.05, 4.69) is 22.6 Å². The van der Waals surface area contributed by atoms with Crippen molar-refractivity contribution in [2.45, 2.75) is 70.5 Å². The van der Waals surface area contributed by atoms with Crippen LogP contribution in [0.2, 0.25) is 5.02 Å². The van der Waals surface area contributed by atoms with Crippen LogP contribution in [-0.2, 0) is 17.8 Å². The van der Waals surface area contributed by atoms with E-state index in [4.69, 9.17) is 17.3 Å². The summed E-state index contributed by atoms with van der Waals surface area (Å²) in [6.45, 7) is 7.23. The lowest BCUT2D eigenvalue weighted by Gasteiger charge is -2.41. The Hall–Kier alpha value is -3.50. The zero-order valence-electron chi connectivity index (χ0n) is 27.1. The number of nitrogens with zero attached hydrogens (tertiary/aromatic N) is 4. The molecule has 4 aliphatic rings. The first-order chi connectivity index (χ1) is 22.2. The minimum absolute atomic E-state index is 0.0422. The summed E-state index contributed by atoms with van der Waals surface area (Å²) in [7, 11) is 2.19. The Morgan fingerprint density at radius 2 is 1.59 bits per heavy atom. The number of likely N-dealkylation sites (tertiary alicyclic amines) is 3. The third kappa shape index (κ3) is 7.23. The lowest BCUT2D eigenvalue weighted by Crippen LogP contribution is -2.57. The molecule has 1 atom stereocenters. The van der Waals surface area contributed by atoms with Gasteiger partial charge in [-0.1, -0.05) is 35.9 Å². The van der Waals surface area contributed by atoms with Crippen LogP contribution in [0.5, 0.6) is 0 Å². The van der Waals surface area contributed by atoms with Gasteiger partial charge in [-0.3, -0.25) is 4.79 Å². The van der Waals surface area contributed by atoms with Gasteiger partial charge < -0.3 is 36.0 Å². The molecule has 0 bridgehead atoms. The van der Waals surface area contributed by atoms with Crippen molar-refractivity contribution in [2.24, 2.45) is 11.8 Å². The summed E-state index contributed by atoms with van der Waals surface area (Å²) in [6.07, 6.45) is 6.18. The second-order valence-corrected chi connectivity index (χ2v) is 14.2. The molecule has 0 saturated carbocycles. The second-order valence-electron chi connectivity index (χ2n) is 13.8. The van der Waals surface area contributed by atoms with Crippen LogP contribution in [0.25, 0.3) is 0 Å². The summed E-state index contributed by atoms with van der Waals surface area (Å²) in [4.78, 5) is 48.6. The Kier molecular flexibility index (Phi) is 9.94. The van der Waals surface area contributed by atoms with Gasteiger partial charge in [0.25, 0.3) is 0 Å². The molecule has 11 heteroatoms. The van der Waals surface area contributed by atoms with E-state index in [-0.39, 0.29) is 24.0 Å². The Balaban J connectivity index is 1.09. The van der Waals surface area contributed by atoms with Gasteiger partial charge in [-0.25, -0.2) is 9.59 Å². The van der Waals surface area contributed by atoms with Crippen molar-refractivity contribution in [2.75, 3.05) is 57.4 Å². The minimum atomic E-state index is -0.714. The summed E-state index contributed by atoms with van der Waals surface area (Å²) in [5.41, 5.74) is 10.3. The maximum atomic E-state index is 14.1. The molecule has 0 aromatic heterocycles. The van der Waals surface area contributed by atoms with Crippen LogP contribution in [-0.4, -0.2) is 96.0 Å². The van der Waals surface area contributed by atoms with Crippen molar-refractivity contribution in [3.63, 3.8) is 0 Å². The first kappa shape index (κ1) is 32.4. The molecule has 2 aromatic rings. The van der Waals surface area contributed by atoms with E-state index in [1.807, 2.05) is 47.1 Å². The van der Waals surface area contributed by atoms with E-state index in [1.54, 1.807) is 11.0 Å². The SMILES string of the molecule is Cc1cc(C[C@@H](NC(=O)N2CCC(N3Cc4ccccc4NC3=O)CC2)C(=O)N2CCC(C3CCN(C)CC3)CC2)cc(Cl)c1N. The van der Waals surface area contributed by atoms with Gasteiger partial charge in [0.2, 0.25) is 5.91 Å². The highest BCUT2D eigenvalue weighted by molar-refractivity contribution is 6.33. The van der Waals surface area contributed by atoms with Crippen LogP contribution < -0.4 is 16.4 Å². The standard InChI is InChI=1S/C35H48ClN7O3/c1-23-19-24(20-29(36)32(23)37)21-31(33(44)41-15-9-26(10-16-41)25-7-13-40(2)14-8-25)39-34(45)42-17-11-28(12-18-42)43-22-27-5-3-4-6-30(27)38-35(43)46/h3-6,19-20,25-26,28,31H,7-18,21-22,37H2,1-2H3,(H,38,46)(H,39,45)/t31-/m1/s1. The average molecular weight is 650 g/mol. The summed E-state index contributed by atoms with van der Waals surface area (Å²) >= 11 is 6.42. The molecule has 4 aliphatic heterocycles. The number of benzene rings is 2. The summed E-state index contributed by atoms with van der Waals surface area (Å²) in [5.74, 6) is 1.35. The molecular formula is C35H48ClN7O3. The molecule has 46 heavy (non-hydrogen) atoms. The predicted molar refractivity (Wildman–Crippen MR) is 182 cm³/mol. The van der Waals surface area contributed by atoms with E-state index < -0.39 is 6.04 Å². The molecule has 0 radical (unpaired) electrons. The molecule has 4 N–H and O–H groups in total. The van der Waals surface area contributed by atoms with Gasteiger partial charge in [-0.15, -0.1) is 0 Å². The molecule has 4 heterocycles. The molecule has 0 spiro atoms. The maximum absolute atomic E-state index is 14.1. The van der Waals surface area contributed by atoms with Crippen LogP contribution in [0, 0.1) is 18.8 Å². The molecule has 6 rings (SSSR count). The first-order valence-electron chi connectivity index (χ1n) is 16.9. The number of piperidine rings is 3. The van der Waals surface area contributed by atoms with Gasteiger partial charge in [0.05, 0.1) is 10.7 Å². The highest BCUT2D eigenvalue weighted by atomic mass is 35.5. The molecule has 5 amide bonds. The van der Waals surface area contributed by atoms with Crippen molar-refractivity contribution in [3.05, 3.63) is 58.1 Å². The number of urea groups is 2. The van der Waals surface area contributed by atoms with Crippen molar-refractivity contribution in [3.8, 4) is 0 Å². The van der Waals surface area contributed by atoms with Crippen LogP contribution in [0.1, 0.15) is 55.2 Å². The molecule has 2 aromatic carbocycles. The average Bonchev–Trinajstić information content (AvgIpc) is 3.06. The number of nitrogens with one attached hydrogen (secondary N) is 2. The van der Waals surface area contributed by atoms with Gasteiger partial charge in [-0.05, 0) is 106 Å². The number of anilines is 2. The Labute approximate surface area is 277 Å². The number of hydrogen-bond acceptors (Lipinski definition) is 5. The quantitative estimate of drug-likeness (QED) is 0.384. The van der Waals surface area contributed by atoms with Crippen LogP contribution >= 0.6 is 11.6 Å². The molecule has 3 fully saturated rings. The number of carbonyl (C=O) groups excluding carboxylic acids is 3. The third-order valence-corrected chi connectivity index (χ3v) is 11.1. The summed E-state index contributed by atoms with van der Waals surface area (Å²) in [5, 5.41) is 6.56. The molecule has 3 saturated heterocycles. The fourth-order valence-corrected chi connectivity index (χ4v) is 8.12. The summed E-state index contributed by atoms with van der Waals surface area (Å²) < 4.78 is 0.